The summed E-state index contributed by atoms with van der Waals surface area (Å²) in [5.41, 5.74) is 2.41. The number of hydrogen-bond donors (Lipinski definition) is 0. The summed E-state index contributed by atoms with van der Waals surface area (Å²) >= 11 is 0. The molecule has 0 atom stereocenters. The summed E-state index contributed by atoms with van der Waals surface area (Å²) < 4.78 is 7.53. The minimum absolute atomic E-state index is 0.00710. The summed E-state index contributed by atoms with van der Waals surface area (Å²) in [5.74, 6) is 0.585. The van der Waals surface area contributed by atoms with Crippen molar-refractivity contribution in [1.29, 1.82) is 0 Å². The van der Waals surface area contributed by atoms with Crippen molar-refractivity contribution in [2.24, 2.45) is 7.05 Å². The van der Waals surface area contributed by atoms with Crippen LogP contribution in [0.5, 0.6) is 5.88 Å². The first-order chi connectivity index (χ1) is 13.2. The largest absolute Gasteiger partial charge is 0.474 e. The first-order valence-electron chi connectivity index (χ1n) is 9.02. The molecule has 0 spiro atoms. The van der Waals surface area contributed by atoms with Gasteiger partial charge in [-0.25, -0.2) is 9.97 Å². The van der Waals surface area contributed by atoms with E-state index in [1.165, 1.54) is 6.33 Å². The Labute approximate surface area is 157 Å². The Morgan fingerprint density at radius 3 is 2.63 bits per heavy atom. The van der Waals surface area contributed by atoms with Gasteiger partial charge in [-0.2, -0.15) is 5.10 Å². The topological polar surface area (TPSA) is 73.1 Å². The average molecular weight is 363 g/mol. The van der Waals surface area contributed by atoms with E-state index in [-0.39, 0.29) is 12.0 Å². The van der Waals surface area contributed by atoms with Gasteiger partial charge >= 0.3 is 0 Å². The smallest absolute Gasteiger partial charge is 0.272 e. The highest BCUT2D eigenvalue weighted by molar-refractivity contribution is 5.93. The minimum atomic E-state index is 0.00710. The molecule has 1 aliphatic heterocycles. The number of amides is 1. The number of ether oxygens (including phenoxy) is 1. The summed E-state index contributed by atoms with van der Waals surface area (Å²) in [4.78, 5) is 22.8. The molecule has 27 heavy (non-hydrogen) atoms. The molecule has 0 unspecified atom stereocenters. The van der Waals surface area contributed by atoms with Gasteiger partial charge in [-0.3, -0.25) is 9.48 Å². The zero-order valence-electron chi connectivity index (χ0n) is 15.2. The number of carbonyl (C=O) groups excluding carboxylic acids is 1. The van der Waals surface area contributed by atoms with Crippen LogP contribution in [0.15, 0.2) is 55.0 Å². The lowest BCUT2D eigenvalue weighted by molar-refractivity contribution is 0.0578. The van der Waals surface area contributed by atoms with Crippen LogP contribution in [0.25, 0.3) is 11.3 Å². The molecule has 0 saturated carbocycles. The fourth-order valence-corrected chi connectivity index (χ4v) is 3.28. The van der Waals surface area contributed by atoms with Crippen molar-refractivity contribution < 1.29 is 9.53 Å². The van der Waals surface area contributed by atoms with E-state index in [9.17, 15) is 4.79 Å². The van der Waals surface area contributed by atoms with Gasteiger partial charge in [0.05, 0.1) is 5.69 Å². The van der Waals surface area contributed by atoms with Gasteiger partial charge < -0.3 is 9.64 Å². The van der Waals surface area contributed by atoms with Crippen molar-refractivity contribution >= 4 is 5.91 Å². The lowest BCUT2D eigenvalue weighted by atomic mass is 10.1. The van der Waals surface area contributed by atoms with Gasteiger partial charge in [0, 0.05) is 50.8 Å². The van der Waals surface area contributed by atoms with Crippen LogP contribution in [-0.2, 0) is 7.05 Å². The molecule has 0 aliphatic carbocycles. The highest BCUT2D eigenvalue weighted by Crippen LogP contribution is 2.22. The lowest BCUT2D eigenvalue weighted by Gasteiger charge is -2.31. The van der Waals surface area contributed by atoms with E-state index in [1.807, 2.05) is 48.3 Å². The highest BCUT2D eigenvalue weighted by atomic mass is 16.5. The fourth-order valence-electron chi connectivity index (χ4n) is 3.28. The predicted octanol–water partition coefficient (Wildman–Crippen LogP) is 2.56. The number of piperidine rings is 1. The molecular formula is C20H21N5O2. The molecular weight excluding hydrogens is 342 g/mol. The molecule has 1 saturated heterocycles. The standard InChI is InChI=1S/C20H21N5O2/c1-24-18(13-17(23-24)15-5-3-2-4-6-15)20(26)25-11-8-16(9-12-25)27-19-7-10-21-14-22-19/h2-7,10,13-14,16H,8-9,11-12H2,1H3. The van der Waals surface area contributed by atoms with E-state index >= 15 is 0 Å². The molecule has 0 radical (unpaired) electrons. The molecule has 1 aliphatic rings. The van der Waals surface area contributed by atoms with Crippen molar-refractivity contribution in [3.63, 3.8) is 0 Å². The van der Waals surface area contributed by atoms with Crippen LogP contribution in [-0.4, -0.2) is 49.7 Å². The molecule has 0 bridgehead atoms. The second-order valence-electron chi connectivity index (χ2n) is 6.56. The molecule has 7 nitrogen and oxygen atoms in total. The van der Waals surface area contributed by atoms with Gasteiger partial charge in [-0.05, 0) is 6.07 Å². The van der Waals surface area contributed by atoms with Gasteiger partial charge in [0.1, 0.15) is 18.1 Å². The van der Waals surface area contributed by atoms with Crippen molar-refractivity contribution in [1.82, 2.24) is 24.6 Å². The Hall–Kier alpha value is -3.22. The third-order valence-electron chi connectivity index (χ3n) is 4.74. The second kappa shape index (κ2) is 7.57. The maximum atomic E-state index is 12.9. The SMILES string of the molecule is Cn1nc(-c2ccccc2)cc1C(=O)N1CCC(Oc2ccncn2)CC1. The van der Waals surface area contributed by atoms with Crippen molar-refractivity contribution in [2.75, 3.05) is 13.1 Å². The van der Waals surface area contributed by atoms with Crippen LogP contribution >= 0.6 is 0 Å². The monoisotopic (exact) mass is 363 g/mol. The van der Waals surface area contributed by atoms with E-state index < -0.39 is 0 Å². The van der Waals surface area contributed by atoms with Gasteiger partial charge in [0.25, 0.3) is 5.91 Å². The van der Waals surface area contributed by atoms with Gasteiger partial charge in [-0.1, -0.05) is 30.3 Å². The number of aromatic nitrogens is 4. The van der Waals surface area contributed by atoms with Crippen LogP contribution < -0.4 is 4.74 Å². The fraction of sp³-hybridized carbons (Fsp3) is 0.300. The van der Waals surface area contributed by atoms with Crippen LogP contribution in [0.2, 0.25) is 0 Å². The Morgan fingerprint density at radius 1 is 1.15 bits per heavy atom. The molecule has 7 heteroatoms. The molecule has 1 aromatic carbocycles. The Morgan fingerprint density at radius 2 is 1.93 bits per heavy atom. The molecule has 1 fully saturated rings. The zero-order chi connectivity index (χ0) is 18.6. The minimum Gasteiger partial charge on any atom is -0.474 e. The van der Waals surface area contributed by atoms with E-state index in [1.54, 1.807) is 16.9 Å². The normalized spacial score (nSPS) is 14.9. The molecule has 138 valence electrons. The highest BCUT2D eigenvalue weighted by Gasteiger charge is 2.27. The summed E-state index contributed by atoms with van der Waals surface area (Å²) in [6.45, 7) is 1.31. The van der Waals surface area contributed by atoms with Crippen LogP contribution in [0, 0.1) is 0 Å². The van der Waals surface area contributed by atoms with E-state index in [4.69, 9.17) is 4.74 Å². The molecule has 0 N–H and O–H groups in total. The number of carbonyl (C=O) groups is 1. The van der Waals surface area contributed by atoms with Crippen molar-refractivity contribution in [2.45, 2.75) is 18.9 Å². The van der Waals surface area contributed by atoms with Gasteiger partial charge in [0.2, 0.25) is 5.88 Å². The molecule has 4 rings (SSSR count). The molecule has 3 heterocycles. The number of benzene rings is 1. The summed E-state index contributed by atoms with van der Waals surface area (Å²) in [6, 6.07) is 13.5. The number of aryl methyl sites for hydroxylation is 1. The quantitative estimate of drug-likeness (QED) is 0.712. The van der Waals surface area contributed by atoms with Crippen LogP contribution in [0.4, 0.5) is 0 Å². The number of nitrogens with zero attached hydrogens (tertiary/aromatic N) is 5. The Bertz CT molecular complexity index is 903. The summed E-state index contributed by atoms with van der Waals surface area (Å²) in [6.07, 6.45) is 4.75. The Balaban J connectivity index is 1.40. The van der Waals surface area contributed by atoms with E-state index in [0.717, 1.165) is 24.1 Å². The summed E-state index contributed by atoms with van der Waals surface area (Å²) in [7, 11) is 1.81. The maximum Gasteiger partial charge on any atom is 0.272 e. The Kier molecular flexibility index (Phi) is 4.82. The van der Waals surface area contributed by atoms with Crippen molar-refractivity contribution in [3.8, 4) is 17.1 Å². The van der Waals surface area contributed by atoms with Crippen LogP contribution in [0.3, 0.4) is 0 Å². The molecule has 3 aromatic rings. The lowest BCUT2D eigenvalue weighted by Crippen LogP contribution is -2.42. The van der Waals surface area contributed by atoms with Crippen molar-refractivity contribution in [3.05, 3.63) is 60.7 Å². The molecule has 1 amide bonds. The van der Waals surface area contributed by atoms with E-state index in [2.05, 4.69) is 15.1 Å². The first kappa shape index (κ1) is 17.2. The van der Waals surface area contributed by atoms with Gasteiger partial charge in [-0.15, -0.1) is 0 Å². The maximum absolute atomic E-state index is 12.9. The third-order valence-corrected chi connectivity index (χ3v) is 4.74. The first-order valence-corrected chi connectivity index (χ1v) is 9.02. The number of hydrogen-bond acceptors (Lipinski definition) is 5. The molecule has 2 aromatic heterocycles. The second-order valence-corrected chi connectivity index (χ2v) is 6.56. The predicted molar refractivity (Wildman–Crippen MR) is 100 cm³/mol. The average Bonchev–Trinajstić information content (AvgIpc) is 3.11. The third kappa shape index (κ3) is 3.81. The van der Waals surface area contributed by atoms with Crippen LogP contribution in [0.1, 0.15) is 23.3 Å². The zero-order valence-corrected chi connectivity index (χ0v) is 15.2. The number of rotatable bonds is 4. The number of likely N-dealkylation sites (tertiary alicyclic amines) is 1. The summed E-state index contributed by atoms with van der Waals surface area (Å²) in [5, 5.41) is 4.50. The van der Waals surface area contributed by atoms with E-state index in [0.29, 0.717) is 24.7 Å². The van der Waals surface area contributed by atoms with Gasteiger partial charge in [0.15, 0.2) is 0 Å².